The number of esters is 1. The molecule has 0 aliphatic carbocycles. The molecular formula is C14H14N2O4S. The summed E-state index contributed by atoms with van der Waals surface area (Å²) in [4.78, 5) is 23.4. The Labute approximate surface area is 125 Å². The normalized spacial score (nSPS) is 10.4. The summed E-state index contributed by atoms with van der Waals surface area (Å²) in [5.74, 6) is -0.539. The molecule has 0 amide bonds. The Morgan fingerprint density at radius 3 is 2.62 bits per heavy atom. The average Bonchev–Trinajstić information content (AvgIpc) is 2.74. The van der Waals surface area contributed by atoms with Gasteiger partial charge in [-0.25, -0.2) is 4.79 Å². The van der Waals surface area contributed by atoms with E-state index < -0.39 is 10.9 Å². The molecule has 0 radical (unpaired) electrons. The van der Waals surface area contributed by atoms with Crippen LogP contribution in [0.2, 0.25) is 0 Å². The van der Waals surface area contributed by atoms with Crippen LogP contribution in [0.4, 0.5) is 11.4 Å². The van der Waals surface area contributed by atoms with Crippen molar-refractivity contribution < 1.29 is 14.5 Å². The molecular weight excluding hydrogens is 292 g/mol. The van der Waals surface area contributed by atoms with Crippen molar-refractivity contribution in [1.29, 1.82) is 0 Å². The Morgan fingerprint density at radius 1 is 1.38 bits per heavy atom. The maximum Gasteiger partial charge on any atom is 0.350 e. The molecule has 2 aromatic rings. The predicted molar refractivity (Wildman–Crippen MR) is 81.6 cm³/mol. The van der Waals surface area contributed by atoms with Crippen LogP contribution in [-0.4, -0.2) is 18.0 Å². The smallest absolute Gasteiger partial charge is 0.350 e. The lowest BCUT2D eigenvalue weighted by atomic mass is 10.0. The lowest BCUT2D eigenvalue weighted by molar-refractivity contribution is -0.384. The fourth-order valence-corrected chi connectivity index (χ4v) is 3.37. The molecule has 0 spiro atoms. The Bertz CT molecular complexity index is 737. The van der Waals surface area contributed by atoms with E-state index in [0.29, 0.717) is 21.7 Å². The van der Waals surface area contributed by atoms with E-state index in [0.717, 1.165) is 16.9 Å². The minimum Gasteiger partial charge on any atom is -0.465 e. The Hall–Kier alpha value is -2.41. The van der Waals surface area contributed by atoms with Crippen molar-refractivity contribution in [3.63, 3.8) is 0 Å². The van der Waals surface area contributed by atoms with Gasteiger partial charge in [0.1, 0.15) is 4.88 Å². The zero-order valence-corrected chi connectivity index (χ0v) is 12.6. The first-order chi connectivity index (χ1) is 9.88. The van der Waals surface area contributed by atoms with Crippen molar-refractivity contribution in [2.75, 3.05) is 12.8 Å². The number of hydrogen-bond donors (Lipinski definition) is 1. The molecule has 0 aliphatic rings. The van der Waals surface area contributed by atoms with Crippen LogP contribution in [0.5, 0.6) is 0 Å². The first kappa shape index (κ1) is 15.0. The van der Waals surface area contributed by atoms with Crippen LogP contribution in [0.25, 0.3) is 10.4 Å². The molecule has 2 rings (SSSR count). The minimum atomic E-state index is -0.539. The fourth-order valence-electron chi connectivity index (χ4n) is 2.11. The number of nitro groups is 1. The molecule has 1 aromatic carbocycles. The molecule has 2 N–H and O–H groups in total. The first-order valence-corrected chi connectivity index (χ1v) is 6.91. The summed E-state index contributed by atoms with van der Waals surface area (Å²) in [6.45, 7) is 3.53. The number of methoxy groups -OCH3 is 1. The third-order valence-corrected chi connectivity index (χ3v) is 4.54. The van der Waals surface area contributed by atoms with Crippen molar-refractivity contribution in [2.24, 2.45) is 0 Å². The minimum absolute atomic E-state index is 0.00392. The van der Waals surface area contributed by atoms with Gasteiger partial charge in [-0.1, -0.05) is 12.1 Å². The largest absolute Gasteiger partial charge is 0.465 e. The van der Waals surface area contributed by atoms with E-state index in [9.17, 15) is 14.9 Å². The van der Waals surface area contributed by atoms with Gasteiger partial charge in [0, 0.05) is 10.9 Å². The second-order valence-corrected chi connectivity index (χ2v) is 5.54. The quantitative estimate of drug-likeness (QED) is 0.533. The Morgan fingerprint density at radius 2 is 2.05 bits per heavy atom. The highest BCUT2D eigenvalue weighted by atomic mass is 32.1. The number of carbonyl (C=O) groups excluding carboxylic acids is 1. The zero-order valence-electron chi connectivity index (χ0n) is 11.8. The first-order valence-electron chi connectivity index (χ1n) is 6.10. The molecule has 21 heavy (non-hydrogen) atoms. The summed E-state index contributed by atoms with van der Waals surface area (Å²) < 4.78 is 4.69. The molecule has 1 heterocycles. The van der Waals surface area contributed by atoms with Gasteiger partial charge in [-0.3, -0.25) is 10.1 Å². The molecule has 0 saturated heterocycles. The summed E-state index contributed by atoms with van der Waals surface area (Å²) in [6.07, 6.45) is 0. The van der Waals surface area contributed by atoms with Gasteiger partial charge >= 0.3 is 5.97 Å². The molecule has 0 bridgehead atoms. The lowest BCUT2D eigenvalue weighted by Crippen LogP contribution is -2.01. The van der Waals surface area contributed by atoms with Crippen molar-refractivity contribution in [3.8, 4) is 10.4 Å². The van der Waals surface area contributed by atoms with Crippen molar-refractivity contribution in [3.05, 3.63) is 44.3 Å². The number of thiophene rings is 1. The summed E-state index contributed by atoms with van der Waals surface area (Å²) in [6, 6.07) is 4.86. The SMILES string of the molecule is COC(=O)c1sc(-c2c(C)cccc2[N+](=O)[O-])c(C)c1N. The number of nitrogen functional groups attached to an aromatic ring is 1. The van der Waals surface area contributed by atoms with Crippen LogP contribution < -0.4 is 5.73 Å². The van der Waals surface area contributed by atoms with Crippen molar-refractivity contribution in [2.45, 2.75) is 13.8 Å². The zero-order chi connectivity index (χ0) is 15.7. The monoisotopic (exact) mass is 306 g/mol. The van der Waals surface area contributed by atoms with Gasteiger partial charge in [0.05, 0.1) is 23.3 Å². The number of rotatable bonds is 3. The standard InChI is InChI=1S/C14H14N2O4S/c1-7-5-4-6-9(16(18)19)10(7)12-8(2)11(15)13(21-12)14(17)20-3/h4-6H,15H2,1-3H3. The number of nitro benzene ring substituents is 1. The highest BCUT2D eigenvalue weighted by Crippen LogP contribution is 2.43. The van der Waals surface area contributed by atoms with Gasteiger partial charge in [0.25, 0.3) is 5.69 Å². The summed E-state index contributed by atoms with van der Waals surface area (Å²) >= 11 is 1.11. The molecule has 0 fully saturated rings. The van der Waals surface area contributed by atoms with E-state index >= 15 is 0 Å². The predicted octanol–water partition coefficient (Wildman–Crippen LogP) is 3.31. The van der Waals surface area contributed by atoms with Crippen LogP contribution >= 0.6 is 11.3 Å². The number of nitrogens with zero attached hydrogens (tertiary/aromatic N) is 1. The van der Waals surface area contributed by atoms with E-state index in [2.05, 4.69) is 4.74 Å². The van der Waals surface area contributed by atoms with Crippen LogP contribution in [0.1, 0.15) is 20.8 Å². The number of carbonyl (C=O) groups is 1. The van der Waals surface area contributed by atoms with Crippen molar-refractivity contribution >= 4 is 28.7 Å². The number of benzene rings is 1. The molecule has 110 valence electrons. The number of aryl methyl sites for hydroxylation is 1. The molecule has 0 unspecified atom stereocenters. The van der Waals surface area contributed by atoms with Crippen LogP contribution in [-0.2, 0) is 4.74 Å². The van der Waals surface area contributed by atoms with E-state index in [1.165, 1.54) is 13.2 Å². The molecule has 6 nitrogen and oxygen atoms in total. The summed E-state index contributed by atoms with van der Waals surface area (Å²) in [5, 5.41) is 11.2. The second-order valence-electron chi connectivity index (χ2n) is 4.52. The van der Waals surface area contributed by atoms with Gasteiger partial charge in [-0.2, -0.15) is 0 Å². The van der Waals surface area contributed by atoms with Crippen molar-refractivity contribution in [1.82, 2.24) is 0 Å². The maximum absolute atomic E-state index is 11.7. The topological polar surface area (TPSA) is 95.5 Å². The van der Waals surface area contributed by atoms with Gasteiger partial charge in [0.15, 0.2) is 0 Å². The van der Waals surface area contributed by atoms with E-state index in [1.807, 2.05) is 0 Å². The lowest BCUT2D eigenvalue weighted by Gasteiger charge is -2.06. The van der Waals surface area contributed by atoms with Gasteiger partial charge in [-0.05, 0) is 25.0 Å². The van der Waals surface area contributed by atoms with Gasteiger partial charge in [0.2, 0.25) is 0 Å². The third kappa shape index (κ3) is 2.47. The molecule has 0 aliphatic heterocycles. The highest BCUT2D eigenvalue weighted by Gasteiger charge is 2.25. The fraction of sp³-hybridized carbons (Fsp3) is 0.214. The average molecular weight is 306 g/mol. The van der Waals surface area contributed by atoms with Gasteiger partial charge < -0.3 is 10.5 Å². The van der Waals surface area contributed by atoms with E-state index in [-0.39, 0.29) is 10.6 Å². The highest BCUT2D eigenvalue weighted by molar-refractivity contribution is 7.18. The number of nitrogens with two attached hydrogens (primary N) is 1. The number of ether oxygens (including phenoxy) is 1. The van der Waals surface area contributed by atoms with E-state index in [1.54, 1.807) is 26.0 Å². The number of anilines is 1. The molecule has 1 aromatic heterocycles. The molecule has 0 atom stereocenters. The van der Waals surface area contributed by atoms with Gasteiger partial charge in [-0.15, -0.1) is 11.3 Å². The van der Waals surface area contributed by atoms with Crippen LogP contribution in [0.3, 0.4) is 0 Å². The summed E-state index contributed by atoms with van der Waals surface area (Å²) in [5.41, 5.74) is 8.13. The van der Waals surface area contributed by atoms with Crippen LogP contribution in [0, 0.1) is 24.0 Å². The molecule has 7 heteroatoms. The Balaban J connectivity index is 2.74. The van der Waals surface area contributed by atoms with Crippen LogP contribution in [0.15, 0.2) is 18.2 Å². The third-order valence-electron chi connectivity index (χ3n) is 3.24. The maximum atomic E-state index is 11.7. The Kier molecular flexibility index (Phi) is 3.95. The molecule has 0 saturated carbocycles. The van der Waals surface area contributed by atoms with E-state index in [4.69, 9.17) is 5.73 Å². The number of hydrogen-bond acceptors (Lipinski definition) is 6. The second kappa shape index (κ2) is 5.53. The summed E-state index contributed by atoms with van der Waals surface area (Å²) in [7, 11) is 1.27.